The van der Waals surface area contributed by atoms with E-state index in [-0.39, 0.29) is 35.8 Å². The van der Waals surface area contributed by atoms with Crippen LogP contribution in [-0.4, -0.2) is 24.6 Å². The van der Waals surface area contributed by atoms with Crippen LogP contribution in [0.4, 0.5) is 0 Å². The Morgan fingerprint density at radius 2 is 2.00 bits per heavy atom. The van der Waals surface area contributed by atoms with Crippen LogP contribution < -0.4 is 0 Å². The summed E-state index contributed by atoms with van der Waals surface area (Å²) in [5, 5.41) is 0. The van der Waals surface area contributed by atoms with Gasteiger partial charge >= 0.3 is 11.9 Å². The summed E-state index contributed by atoms with van der Waals surface area (Å²) >= 11 is 0. The van der Waals surface area contributed by atoms with Gasteiger partial charge in [0.1, 0.15) is 12.0 Å². The fourth-order valence-electron chi connectivity index (χ4n) is 3.24. The van der Waals surface area contributed by atoms with Gasteiger partial charge < -0.3 is 9.47 Å². The third-order valence-corrected chi connectivity index (χ3v) is 4.20. The maximum absolute atomic E-state index is 12.3. The third-order valence-electron chi connectivity index (χ3n) is 4.20. The van der Waals surface area contributed by atoms with Gasteiger partial charge in [0.05, 0.1) is 6.61 Å². The van der Waals surface area contributed by atoms with Gasteiger partial charge in [0, 0.05) is 17.4 Å². The molecule has 0 amide bonds. The molecule has 110 valence electrons. The quantitative estimate of drug-likeness (QED) is 0.801. The van der Waals surface area contributed by atoms with E-state index in [1.807, 2.05) is 43.3 Å². The first kappa shape index (κ1) is 13.9. The van der Waals surface area contributed by atoms with Crippen LogP contribution in [0.2, 0.25) is 0 Å². The first-order valence-electron chi connectivity index (χ1n) is 7.27. The van der Waals surface area contributed by atoms with Gasteiger partial charge in [-0.1, -0.05) is 43.3 Å². The van der Waals surface area contributed by atoms with Crippen molar-refractivity contribution in [2.75, 3.05) is 6.61 Å². The van der Waals surface area contributed by atoms with Gasteiger partial charge in [-0.3, -0.25) is 4.79 Å². The topological polar surface area (TPSA) is 52.6 Å². The van der Waals surface area contributed by atoms with E-state index in [2.05, 4.69) is 0 Å². The Hall–Kier alpha value is -2.10. The van der Waals surface area contributed by atoms with Crippen molar-refractivity contribution in [3.05, 3.63) is 47.5 Å². The highest BCUT2D eigenvalue weighted by Crippen LogP contribution is 2.48. The summed E-state index contributed by atoms with van der Waals surface area (Å²) in [4.78, 5) is 24.2. The minimum atomic E-state index is -0.337. The smallest absolute Gasteiger partial charge is 0.334 e. The van der Waals surface area contributed by atoms with E-state index in [4.69, 9.17) is 9.47 Å². The maximum atomic E-state index is 12.3. The summed E-state index contributed by atoms with van der Waals surface area (Å²) in [5.74, 6) is -1.08. The lowest BCUT2D eigenvalue weighted by molar-refractivity contribution is -0.192. The zero-order valence-corrected chi connectivity index (χ0v) is 12.1. The number of fused-ring (bicyclic) bond motifs is 1. The van der Waals surface area contributed by atoms with E-state index in [9.17, 15) is 9.59 Å². The van der Waals surface area contributed by atoms with Crippen LogP contribution in [0, 0.1) is 11.8 Å². The molecule has 0 aromatic heterocycles. The third kappa shape index (κ3) is 2.24. The molecule has 1 aliphatic heterocycles. The Morgan fingerprint density at radius 3 is 2.62 bits per heavy atom. The Bertz CT molecular complexity index is 590. The highest BCUT2D eigenvalue weighted by Gasteiger charge is 2.54. The first-order valence-corrected chi connectivity index (χ1v) is 7.27. The molecule has 1 fully saturated rings. The number of benzene rings is 1. The molecule has 0 saturated carbocycles. The largest absolute Gasteiger partial charge is 0.463 e. The molecule has 1 aromatic rings. The van der Waals surface area contributed by atoms with Crippen LogP contribution in [0.3, 0.4) is 0 Å². The molecular formula is C17H18O4. The molecule has 0 N–H and O–H groups in total. The van der Waals surface area contributed by atoms with Crippen LogP contribution in [-0.2, 0) is 19.1 Å². The second-order valence-corrected chi connectivity index (χ2v) is 5.52. The second-order valence-electron chi connectivity index (χ2n) is 5.52. The number of carbonyl (C=O) groups is 2. The van der Waals surface area contributed by atoms with Crippen LogP contribution in [0.25, 0.3) is 0 Å². The van der Waals surface area contributed by atoms with Crippen molar-refractivity contribution in [3.63, 3.8) is 0 Å². The standard InChI is InChI=1S/C17H18O4/c1-3-20-16(18)12-9-10(2)15-14(17(19)21-15)13(12)11-7-5-4-6-8-11/h4-10,13-15H,3H2,1-2H3/t10-,13+,14-,15+/m0/s1. The average Bonchev–Trinajstić information content (AvgIpc) is 2.48. The zero-order valence-electron chi connectivity index (χ0n) is 12.1. The van der Waals surface area contributed by atoms with Gasteiger partial charge in [-0.05, 0) is 12.5 Å². The molecule has 1 heterocycles. The molecule has 0 spiro atoms. The number of rotatable bonds is 3. The van der Waals surface area contributed by atoms with Crippen LogP contribution in [0.15, 0.2) is 42.0 Å². The maximum Gasteiger partial charge on any atom is 0.334 e. The van der Waals surface area contributed by atoms with Crippen molar-refractivity contribution in [2.45, 2.75) is 25.9 Å². The van der Waals surface area contributed by atoms with Gasteiger partial charge in [0.2, 0.25) is 0 Å². The minimum absolute atomic E-state index is 0.0343. The summed E-state index contributed by atoms with van der Waals surface area (Å²) in [5.41, 5.74) is 1.53. The summed E-state index contributed by atoms with van der Waals surface area (Å²) < 4.78 is 10.4. The Labute approximate surface area is 123 Å². The van der Waals surface area contributed by atoms with E-state index in [1.165, 1.54) is 0 Å². The first-order chi connectivity index (χ1) is 10.1. The molecule has 0 bridgehead atoms. The van der Waals surface area contributed by atoms with Crippen molar-refractivity contribution in [1.29, 1.82) is 0 Å². The number of hydrogen-bond donors (Lipinski definition) is 0. The van der Waals surface area contributed by atoms with Gasteiger partial charge in [-0.25, -0.2) is 4.79 Å². The van der Waals surface area contributed by atoms with Gasteiger partial charge in [-0.15, -0.1) is 0 Å². The fourth-order valence-corrected chi connectivity index (χ4v) is 3.24. The number of ether oxygens (including phenoxy) is 2. The Morgan fingerprint density at radius 1 is 1.29 bits per heavy atom. The monoisotopic (exact) mass is 286 g/mol. The molecule has 21 heavy (non-hydrogen) atoms. The molecule has 3 rings (SSSR count). The van der Waals surface area contributed by atoms with Crippen molar-refractivity contribution in [1.82, 2.24) is 0 Å². The highest BCUT2D eigenvalue weighted by molar-refractivity contribution is 5.94. The Balaban J connectivity index is 2.04. The molecule has 1 saturated heterocycles. The van der Waals surface area contributed by atoms with E-state index in [0.29, 0.717) is 12.2 Å². The van der Waals surface area contributed by atoms with Crippen molar-refractivity contribution >= 4 is 11.9 Å². The normalized spacial score (nSPS) is 30.6. The van der Waals surface area contributed by atoms with Crippen LogP contribution >= 0.6 is 0 Å². The lowest BCUT2D eigenvalue weighted by Gasteiger charge is -2.46. The van der Waals surface area contributed by atoms with Gasteiger partial charge in [-0.2, -0.15) is 0 Å². The molecule has 4 nitrogen and oxygen atoms in total. The number of esters is 2. The molecule has 0 unspecified atom stereocenters. The van der Waals surface area contributed by atoms with Crippen LogP contribution in [0.1, 0.15) is 25.3 Å². The molecule has 4 atom stereocenters. The van der Waals surface area contributed by atoms with Gasteiger partial charge in [0.15, 0.2) is 0 Å². The molecule has 0 radical (unpaired) electrons. The molecule has 1 aromatic carbocycles. The van der Waals surface area contributed by atoms with Crippen LogP contribution in [0.5, 0.6) is 0 Å². The Kier molecular flexibility index (Phi) is 3.53. The van der Waals surface area contributed by atoms with E-state index in [1.54, 1.807) is 6.92 Å². The summed E-state index contributed by atoms with van der Waals surface area (Å²) in [6, 6.07) is 9.62. The lowest BCUT2D eigenvalue weighted by atomic mass is 9.67. The van der Waals surface area contributed by atoms with E-state index < -0.39 is 0 Å². The summed E-state index contributed by atoms with van der Waals surface area (Å²) in [7, 11) is 0. The van der Waals surface area contributed by atoms with Gasteiger partial charge in [0.25, 0.3) is 0 Å². The van der Waals surface area contributed by atoms with E-state index >= 15 is 0 Å². The SMILES string of the molecule is CCOC(=O)C1=C[C@H](C)[C@H]2OC(=O)[C@H]2[C@@H]1c1ccccc1. The average molecular weight is 286 g/mol. The predicted octanol–water partition coefficient (Wildman–Crippen LogP) is 2.45. The minimum Gasteiger partial charge on any atom is -0.463 e. The van der Waals surface area contributed by atoms with Crippen molar-refractivity contribution < 1.29 is 19.1 Å². The summed E-state index contributed by atoms with van der Waals surface area (Å²) in [6.07, 6.45) is 1.75. The summed E-state index contributed by atoms with van der Waals surface area (Å²) in [6.45, 7) is 4.07. The second kappa shape index (κ2) is 5.35. The molecule has 1 aliphatic carbocycles. The van der Waals surface area contributed by atoms with Crippen molar-refractivity contribution in [3.8, 4) is 0 Å². The fraction of sp³-hybridized carbons (Fsp3) is 0.412. The predicted molar refractivity (Wildman–Crippen MR) is 76.4 cm³/mol. The lowest BCUT2D eigenvalue weighted by Crippen LogP contribution is -2.54. The molecular weight excluding hydrogens is 268 g/mol. The molecule has 2 aliphatic rings. The number of carbonyl (C=O) groups excluding carboxylic acids is 2. The molecule has 4 heteroatoms. The highest BCUT2D eigenvalue weighted by atomic mass is 16.6. The number of hydrogen-bond acceptors (Lipinski definition) is 4. The van der Waals surface area contributed by atoms with Crippen molar-refractivity contribution in [2.24, 2.45) is 11.8 Å². The zero-order chi connectivity index (χ0) is 15.0. The van der Waals surface area contributed by atoms with E-state index in [0.717, 1.165) is 5.56 Å².